The van der Waals surface area contributed by atoms with Crippen molar-refractivity contribution in [2.75, 3.05) is 0 Å². The molecule has 0 amide bonds. The third kappa shape index (κ3) is 2.08. The third-order valence-corrected chi connectivity index (χ3v) is 2.52. The molecule has 0 heterocycles. The Labute approximate surface area is 92.3 Å². The fourth-order valence-corrected chi connectivity index (χ4v) is 1.58. The number of carboxylic acid groups (broad SMARTS) is 1. The molecule has 0 spiro atoms. The molecular weight excluding hydrogens is 269 g/mol. The summed E-state index contributed by atoms with van der Waals surface area (Å²) in [6, 6.07) is 1.10. The predicted octanol–water partition coefficient (Wildman–Crippen LogP) is 3.54. The van der Waals surface area contributed by atoms with Crippen LogP contribution in [0.15, 0.2) is 15.7 Å². The maximum Gasteiger partial charge on any atom is 0.337 e. The highest BCUT2D eigenvalue weighted by Gasteiger charge is 2.19. The van der Waals surface area contributed by atoms with E-state index in [1.807, 2.05) is 0 Å². The minimum Gasteiger partial charge on any atom is -0.478 e. The topological polar surface area (TPSA) is 86.1 Å². The maximum absolute atomic E-state index is 13.2. The fourth-order valence-electron chi connectivity index (χ4n) is 1.11. The lowest BCUT2D eigenvalue weighted by atomic mass is 10.1. The maximum atomic E-state index is 13.2. The molecule has 0 saturated carbocycles. The van der Waals surface area contributed by atoms with Gasteiger partial charge in [-0.3, -0.25) is 0 Å². The molecule has 5 nitrogen and oxygen atoms in total. The van der Waals surface area contributed by atoms with Gasteiger partial charge in [-0.2, -0.15) is 0 Å². The molecule has 78 valence electrons. The van der Waals surface area contributed by atoms with Crippen molar-refractivity contribution in [2.24, 2.45) is 5.11 Å². The highest BCUT2D eigenvalue weighted by Crippen LogP contribution is 2.33. The van der Waals surface area contributed by atoms with Gasteiger partial charge in [-0.15, -0.1) is 0 Å². The zero-order chi connectivity index (χ0) is 11.6. The number of aromatic carboxylic acids is 1. The van der Waals surface area contributed by atoms with Crippen LogP contribution in [0.3, 0.4) is 0 Å². The molecule has 1 aromatic carbocycles. The third-order valence-electron chi connectivity index (χ3n) is 1.74. The Balaban J connectivity index is 3.68. The van der Waals surface area contributed by atoms with Crippen LogP contribution in [-0.4, -0.2) is 11.1 Å². The molecule has 15 heavy (non-hydrogen) atoms. The standard InChI is InChI=1S/C8H5BrFN3O2/c1-3-2-4(10)6(9)5(8(14)15)7(3)12-13-11/h2H,1H3,(H,14,15). The van der Waals surface area contributed by atoms with Crippen LogP contribution in [0.2, 0.25) is 0 Å². The van der Waals surface area contributed by atoms with Gasteiger partial charge in [0.2, 0.25) is 0 Å². The molecule has 0 aliphatic carbocycles. The largest absolute Gasteiger partial charge is 0.478 e. The van der Waals surface area contributed by atoms with Crippen LogP contribution in [-0.2, 0) is 0 Å². The molecule has 0 unspecified atom stereocenters. The van der Waals surface area contributed by atoms with Crippen LogP contribution in [0, 0.1) is 12.7 Å². The van der Waals surface area contributed by atoms with Gasteiger partial charge >= 0.3 is 5.97 Å². The predicted molar refractivity (Wildman–Crippen MR) is 54.6 cm³/mol. The number of hydrogen-bond acceptors (Lipinski definition) is 2. The van der Waals surface area contributed by atoms with E-state index in [1.54, 1.807) is 0 Å². The van der Waals surface area contributed by atoms with E-state index in [-0.39, 0.29) is 21.3 Å². The van der Waals surface area contributed by atoms with Crippen LogP contribution in [0.5, 0.6) is 0 Å². The Morgan fingerprint density at radius 2 is 2.33 bits per heavy atom. The molecule has 0 bridgehead atoms. The molecule has 0 fully saturated rings. The summed E-state index contributed by atoms with van der Waals surface area (Å²) in [4.78, 5) is 13.3. The summed E-state index contributed by atoms with van der Waals surface area (Å²) in [5, 5.41) is 12.1. The first-order valence-corrected chi connectivity index (χ1v) is 4.55. The minimum atomic E-state index is -1.35. The molecular formula is C8H5BrFN3O2. The Bertz CT molecular complexity index is 483. The minimum absolute atomic E-state index is 0.0849. The summed E-state index contributed by atoms with van der Waals surface area (Å²) in [5.74, 6) is -2.06. The van der Waals surface area contributed by atoms with Gasteiger partial charge in [0.1, 0.15) is 5.82 Å². The Hall–Kier alpha value is -1.59. The molecule has 7 heteroatoms. The lowest BCUT2D eigenvalue weighted by Crippen LogP contribution is -2.01. The second kappa shape index (κ2) is 4.29. The van der Waals surface area contributed by atoms with E-state index in [9.17, 15) is 9.18 Å². The molecule has 1 aromatic rings. The fraction of sp³-hybridized carbons (Fsp3) is 0.125. The van der Waals surface area contributed by atoms with Crippen LogP contribution < -0.4 is 0 Å². The van der Waals surface area contributed by atoms with Crippen molar-refractivity contribution in [1.29, 1.82) is 0 Å². The summed E-state index contributed by atoms with van der Waals surface area (Å²) >= 11 is 2.80. The van der Waals surface area contributed by atoms with Gasteiger partial charge < -0.3 is 5.11 Å². The van der Waals surface area contributed by atoms with E-state index in [0.717, 1.165) is 6.07 Å². The average Bonchev–Trinajstić information content (AvgIpc) is 2.14. The van der Waals surface area contributed by atoms with Gasteiger partial charge in [0.25, 0.3) is 0 Å². The van der Waals surface area contributed by atoms with Gasteiger partial charge in [-0.25, -0.2) is 9.18 Å². The number of aryl methyl sites for hydroxylation is 1. The molecule has 1 N–H and O–H groups in total. The van der Waals surface area contributed by atoms with Crippen LogP contribution >= 0.6 is 15.9 Å². The van der Waals surface area contributed by atoms with Crippen molar-refractivity contribution < 1.29 is 14.3 Å². The number of benzene rings is 1. The van der Waals surface area contributed by atoms with E-state index in [2.05, 4.69) is 26.0 Å². The van der Waals surface area contributed by atoms with Gasteiger partial charge in [-0.05, 0) is 40.0 Å². The van der Waals surface area contributed by atoms with E-state index in [0.29, 0.717) is 0 Å². The molecule has 0 radical (unpaired) electrons. The summed E-state index contributed by atoms with van der Waals surface area (Å²) in [6.45, 7) is 1.46. The zero-order valence-corrected chi connectivity index (χ0v) is 9.12. The number of azide groups is 1. The number of nitrogens with zero attached hydrogens (tertiary/aromatic N) is 3. The van der Waals surface area contributed by atoms with E-state index < -0.39 is 11.8 Å². The summed E-state index contributed by atoms with van der Waals surface area (Å²) in [7, 11) is 0. The lowest BCUT2D eigenvalue weighted by Gasteiger charge is -2.07. The highest BCUT2D eigenvalue weighted by atomic mass is 79.9. The second-order valence-corrected chi connectivity index (χ2v) is 3.50. The lowest BCUT2D eigenvalue weighted by molar-refractivity contribution is 0.0696. The van der Waals surface area contributed by atoms with Crippen molar-refractivity contribution in [3.05, 3.63) is 37.9 Å². The van der Waals surface area contributed by atoms with Gasteiger partial charge in [0.05, 0.1) is 15.7 Å². The Kier molecular flexibility index (Phi) is 3.28. The average molecular weight is 274 g/mol. The summed E-state index contributed by atoms with van der Waals surface area (Å²) in [6.07, 6.45) is 0. The van der Waals surface area contributed by atoms with Crippen LogP contribution in [0.1, 0.15) is 15.9 Å². The van der Waals surface area contributed by atoms with Gasteiger partial charge in [0.15, 0.2) is 0 Å². The van der Waals surface area contributed by atoms with Crippen LogP contribution in [0.4, 0.5) is 10.1 Å². The van der Waals surface area contributed by atoms with Crippen LogP contribution in [0.25, 0.3) is 10.4 Å². The number of carbonyl (C=O) groups is 1. The van der Waals surface area contributed by atoms with E-state index in [4.69, 9.17) is 10.6 Å². The second-order valence-electron chi connectivity index (χ2n) is 2.71. The normalized spacial score (nSPS) is 9.53. The molecule has 0 aliphatic heterocycles. The first kappa shape index (κ1) is 11.5. The quantitative estimate of drug-likeness (QED) is 0.508. The molecule has 0 atom stereocenters. The van der Waals surface area contributed by atoms with E-state index in [1.165, 1.54) is 6.92 Å². The summed E-state index contributed by atoms with van der Waals surface area (Å²) in [5.41, 5.74) is 8.08. The van der Waals surface area contributed by atoms with Crippen molar-refractivity contribution in [3.63, 3.8) is 0 Å². The van der Waals surface area contributed by atoms with Gasteiger partial charge in [0, 0.05) is 4.91 Å². The molecule has 0 aromatic heterocycles. The van der Waals surface area contributed by atoms with Crippen molar-refractivity contribution in [2.45, 2.75) is 6.92 Å². The number of rotatable bonds is 2. The molecule has 0 saturated heterocycles. The van der Waals surface area contributed by atoms with Gasteiger partial charge in [-0.1, -0.05) is 5.11 Å². The van der Waals surface area contributed by atoms with Crippen molar-refractivity contribution in [3.8, 4) is 0 Å². The Morgan fingerprint density at radius 1 is 1.73 bits per heavy atom. The van der Waals surface area contributed by atoms with E-state index >= 15 is 0 Å². The smallest absolute Gasteiger partial charge is 0.337 e. The SMILES string of the molecule is Cc1cc(F)c(Br)c(C(=O)O)c1N=[N+]=[N-]. The first-order chi connectivity index (χ1) is 6.99. The zero-order valence-electron chi connectivity index (χ0n) is 7.53. The summed E-state index contributed by atoms with van der Waals surface area (Å²) < 4.78 is 13.0. The van der Waals surface area contributed by atoms with Crippen molar-refractivity contribution >= 4 is 27.6 Å². The molecule has 1 rings (SSSR count). The molecule has 0 aliphatic rings. The monoisotopic (exact) mass is 273 g/mol. The number of hydrogen-bond donors (Lipinski definition) is 1. The Morgan fingerprint density at radius 3 is 2.80 bits per heavy atom. The van der Waals surface area contributed by atoms with Crippen molar-refractivity contribution in [1.82, 2.24) is 0 Å². The number of halogens is 2. The number of carboxylic acids is 1. The first-order valence-electron chi connectivity index (χ1n) is 3.76. The highest BCUT2D eigenvalue weighted by molar-refractivity contribution is 9.10.